The molecule has 0 aromatic heterocycles. The van der Waals surface area contributed by atoms with Crippen LogP contribution in [0.5, 0.6) is 0 Å². The first kappa shape index (κ1) is 57.5. The van der Waals surface area contributed by atoms with Gasteiger partial charge < -0.3 is 24.6 Å². The number of ether oxygens (including phenoxy) is 2. The number of carbonyl (C=O) groups is 1. The summed E-state index contributed by atoms with van der Waals surface area (Å²) in [6.45, 7) is 3.60. The van der Waals surface area contributed by atoms with Gasteiger partial charge in [-0.1, -0.05) is 239 Å². The fraction of sp³-hybridized carbons (Fsp3) is 0.979. The molecule has 9 nitrogen and oxygen atoms in total. The summed E-state index contributed by atoms with van der Waals surface area (Å²) < 4.78 is 33.5. The van der Waals surface area contributed by atoms with Crippen molar-refractivity contribution in [3.8, 4) is 0 Å². The number of phosphoric ester groups is 1. The molecule has 348 valence electrons. The number of aliphatic hydroxyl groups excluding tert-OH is 2. The molecule has 58 heavy (non-hydrogen) atoms. The van der Waals surface area contributed by atoms with E-state index in [-0.39, 0.29) is 25.6 Å². The normalized spacial score (nSPS) is 13.8. The zero-order valence-corrected chi connectivity index (χ0v) is 39.2. The van der Waals surface area contributed by atoms with Gasteiger partial charge in [0.1, 0.15) is 12.2 Å². The Kier molecular flexibility index (Phi) is 45.5. The van der Waals surface area contributed by atoms with Crippen molar-refractivity contribution in [2.45, 2.75) is 270 Å². The largest absolute Gasteiger partial charge is 0.472 e. The van der Waals surface area contributed by atoms with Crippen molar-refractivity contribution in [3.05, 3.63) is 0 Å². The van der Waals surface area contributed by atoms with Gasteiger partial charge in [0.25, 0.3) is 0 Å². The topological polar surface area (TPSA) is 132 Å². The van der Waals surface area contributed by atoms with Gasteiger partial charge in [-0.15, -0.1) is 0 Å². The molecular weight excluding hydrogens is 751 g/mol. The zero-order valence-electron chi connectivity index (χ0n) is 38.3. The molecule has 0 heterocycles. The van der Waals surface area contributed by atoms with E-state index in [1.807, 2.05) is 0 Å². The monoisotopic (exact) mass is 849 g/mol. The van der Waals surface area contributed by atoms with Crippen LogP contribution in [0.1, 0.15) is 258 Å². The van der Waals surface area contributed by atoms with E-state index in [1.54, 1.807) is 0 Å². The van der Waals surface area contributed by atoms with Gasteiger partial charge in [-0.05, 0) is 12.8 Å². The van der Waals surface area contributed by atoms with E-state index < -0.39 is 33.2 Å². The van der Waals surface area contributed by atoms with Crippen molar-refractivity contribution in [2.75, 3.05) is 33.0 Å². The summed E-state index contributed by atoms with van der Waals surface area (Å²) in [5.41, 5.74) is 0. The molecule has 10 heteroatoms. The molecule has 0 aromatic rings. The van der Waals surface area contributed by atoms with Crippen molar-refractivity contribution in [2.24, 2.45) is 0 Å². The first-order valence-corrected chi connectivity index (χ1v) is 26.5. The van der Waals surface area contributed by atoms with E-state index in [4.69, 9.17) is 23.6 Å². The van der Waals surface area contributed by atoms with Crippen molar-refractivity contribution < 1.29 is 43.0 Å². The van der Waals surface area contributed by atoms with E-state index in [1.165, 1.54) is 205 Å². The summed E-state index contributed by atoms with van der Waals surface area (Å²) in [6.07, 6.45) is 46.4. The fourth-order valence-electron chi connectivity index (χ4n) is 7.48. The lowest BCUT2D eigenvalue weighted by molar-refractivity contribution is -0.154. The third kappa shape index (κ3) is 45.0. The maximum Gasteiger partial charge on any atom is 0.472 e. The molecule has 0 spiro atoms. The molecule has 0 aliphatic heterocycles. The Bertz CT molecular complexity index is 876. The van der Waals surface area contributed by atoms with E-state index >= 15 is 0 Å². The smallest absolute Gasteiger partial charge is 0.457 e. The first-order chi connectivity index (χ1) is 28.3. The van der Waals surface area contributed by atoms with Gasteiger partial charge >= 0.3 is 13.8 Å². The van der Waals surface area contributed by atoms with E-state index in [2.05, 4.69) is 13.8 Å². The van der Waals surface area contributed by atoms with Crippen molar-refractivity contribution >= 4 is 13.8 Å². The maximum absolute atomic E-state index is 12.7. The lowest BCUT2D eigenvalue weighted by Gasteiger charge is -2.20. The number of hydrogen-bond acceptors (Lipinski definition) is 8. The van der Waals surface area contributed by atoms with Gasteiger partial charge in [0, 0.05) is 13.0 Å². The Morgan fingerprint density at radius 2 is 0.776 bits per heavy atom. The van der Waals surface area contributed by atoms with Crippen LogP contribution in [0.25, 0.3) is 0 Å². The number of unbranched alkanes of at least 4 members (excludes halogenated alkanes) is 35. The second kappa shape index (κ2) is 46.0. The summed E-state index contributed by atoms with van der Waals surface area (Å²) in [4.78, 5) is 22.7. The highest BCUT2D eigenvalue weighted by Crippen LogP contribution is 2.43. The Balaban J connectivity index is 4.02. The highest BCUT2D eigenvalue weighted by molar-refractivity contribution is 7.47. The molecule has 0 aliphatic rings. The van der Waals surface area contributed by atoms with Crippen molar-refractivity contribution in [3.63, 3.8) is 0 Å². The van der Waals surface area contributed by atoms with Gasteiger partial charge in [0.05, 0.1) is 26.4 Å². The van der Waals surface area contributed by atoms with E-state index in [9.17, 15) is 19.4 Å². The molecule has 0 rings (SSSR count). The number of phosphoric acid groups is 1. The second-order valence-electron chi connectivity index (χ2n) is 17.2. The van der Waals surface area contributed by atoms with Gasteiger partial charge in [-0.25, -0.2) is 4.57 Å². The summed E-state index contributed by atoms with van der Waals surface area (Å²) in [5.74, 6) is -0.373. The van der Waals surface area contributed by atoms with Crippen LogP contribution in [-0.2, 0) is 27.9 Å². The minimum atomic E-state index is -4.51. The fourth-order valence-corrected chi connectivity index (χ4v) is 8.27. The molecule has 3 N–H and O–H groups in total. The molecule has 0 saturated carbocycles. The quantitative estimate of drug-likeness (QED) is 0.0311. The second-order valence-corrected chi connectivity index (χ2v) is 18.7. The number of rotatable bonds is 49. The van der Waals surface area contributed by atoms with Crippen LogP contribution >= 0.6 is 7.82 Å². The molecule has 0 radical (unpaired) electrons. The first-order valence-electron chi connectivity index (χ1n) is 25.0. The molecule has 0 amide bonds. The molecular formula is C48H97O9P. The predicted octanol–water partition coefficient (Wildman–Crippen LogP) is 14.3. The average Bonchev–Trinajstić information content (AvgIpc) is 3.21. The minimum absolute atomic E-state index is 0.0586. The molecule has 3 unspecified atom stereocenters. The van der Waals surface area contributed by atoms with Gasteiger partial charge in [0.2, 0.25) is 0 Å². The Morgan fingerprint density at radius 1 is 0.466 bits per heavy atom. The lowest BCUT2D eigenvalue weighted by Crippen LogP contribution is -2.29. The molecule has 0 aromatic carbocycles. The van der Waals surface area contributed by atoms with E-state index in [0.717, 1.165) is 32.1 Å². The molecule has 3 atom stereocenters. The summed E-state index contributed by atoms with van der Waals surface area (Å²) in [5, 5.41) is 18.4. The predicted molar refractivity (Wildman–Crippen MR) is 242 cm³/mol. The van der Waals surface area contributed by atoms with Crippen LogP contribution in [0.2, 0.25) is 0 Å². The van der Waals surface area contributed by atoms with Crippen LogP contribution in [-0.4, -0.2) is 66.3 Å². The third-order valence-corrected chi connectivity index (χ3v) is 12.2. The Hall–Kier alpha value is -0.540. The van der Waals surface area contributed by atoms with Gasteiger partial charge in [-0.2, -0.15) is 0 Å². The number of hydrogen-bond donors (Lipinski definition) is 3. The van der Waals surface area contributed by atoms with Crippen LogP contribution in [0, 0.1) is 0 Å². The van der Waals surface area contributed by atoms with Crippen molar-refractivity contribution in [1.29, 1.82) is 0 Å². The highest BCUT2D eigenvalue weighted by atomic mass is 31.2. The standard InChI is InChI=1S/C48H97O9P/c1-3-5-7-9-11-13-15-17-19-21-22-23-24-25-26-28-30-32-34-36-38-40-48(51)57-47(45-56-58(52,53)55-43-46(50)42-49)44-54-41-39-37-35-33-31-29-27-20-18-16-14-12-10-8-6-4-2/h46-47,49-50H,3-45H2,1-2H3,(H,52,53). The summed E-state index contributed by atoms with van der Waals surface area (Å²) >= 11 is 0. The third-order valence-electron chi connectivity index (χ3n) is 11.3. The zero-order chi connectivity index (χ0) is 42.5. The highest BCUT2D eigenvalue weighted by Gasteiger charge is 2.26. The van der Waals surface area contributed by atoms with Gasteiger partial charge in [0.15, 0.2) is 0 Å². The molecule has 0 bridgehead atoms. The number of aliphatic hydroxyl groups is 2. The summed E-state index contributed by atoms with van der Waals surface area (Å²) in [7, 11) is -4.51. The molecule has 0 fully saturated rings. The maximum atomic E-state index is 12.7. The number of carbonyl (C=O) groups excluding carboxylic acids is 1. The van der Waals surface area contributed by atoms with Crippen LogP contribution < -0.4 is 0 Å². The van der Waals surface area contributed by atoms with Crippen molar-refractivity contribution in [1.82, 2.24) is 0 Å². The Morgan fingerprint density at radius 3 is 1.12 bits per heavy atom. The van der Waals surface area contributed by atoms with E-state index in [0.29, 0.717) is 6.61 Å². The van der Waals surface area contributed by atoms with Gasteiger partial charge in [-0.3, -0.25) is 13.8 Å². The van der Waals surface area contributed by atoms with Crippen LogP contribution in [0.4, 0.5) is 0 Å². The minimum Gasteiger partial charge on any atom is -0.457 e. The van der Waals surface area contributed by atoms with Crippen LogP contribution in [0.3, 0.4) is 0 Å². The molecule has 0 saturated heterocycles. The molecule has 0 aliphatic carbocycles. The summed E-state index contributed by atoms with van der Waals surface area (Å²) in [6, 6.07) is 0. The van der Waals surface area contributed by atoms with Crippen LogP contribution in [0.15, 0.2) is 0 Å². The lowest BCUT2D eigenvalue weighted by atomic mass is 10.0. The Labute approximate surface area is 358 Å². The number of esters is 1. The average molecular weight is 849 g/mol. The SMILES string of the molecule is CCCCCCCCCCCCCCCCCCCCCCCC(=O)OC(COCCCCCCCCCCCCCCCCCC)COP(=O)(O)OCC(O)CO.